The van der Waals surface area contributed by atoms with Crippen molar-refractivity contribution in [3.63, 3.8) is 0 Å². The molecule has 1 saturated heterocycles. The van der Waals surface area contributed by atoms with Gasteiger partial charge in [0.05, 0.1) is 13.7 Å². The predicted molar refractivity (Wildman–Crippen MR) is 102 cm³/mol. The van der Waals surface area contributed by atoms with Crippen LogP contribution in [-0.4, -0.2) is 44.3 Å². The molecule has 1 atom stereocenters. The van der Waals surface area contributed by atoms with Gasteiger partial charge in [-0.1, -0.05) is 12.1 Å². The zero-order valence-corrected chi connectivity index (χ0v) is 15.5. The van der Waals surface area contributed by atoms with Gasteiger partial charge in [-0.3, -0.25) is 0 Å². The van der Waals surface area contributed by atoms with Gasteiger partial charge in [0.15, 0.2) is 0 Å². The lowest BCUT2D eigenvalue weighted by Gasteiger charge is -2.18. The Bertz CT molecular complexity index is 734. The Balaban J connectivity index is 1.35. The van der Waals surface area contributed by atoms with E-state index in [0.717, 1.165) is 25.3 Å². The summed E-state index contributed by atoms with van der Waals surface area (Å²) in [5, 5.41) is 2.94. The highest BCUT2D eigenvalue weighted by atomic mass is 19.1. The van der Waals surface area contributed by atoms with Gasteiger partial charge in [0.1, 0.15) is 17.3 Å². The number of nitrogens with one attached hydrogen (secondary N) is 1. The summed E-state index contributed by atoms with van der Waals surface area (Å²) in [6.07, 6.45) is 1.66. The highest BCUT2D eigenvalue weighted by Gasteiger charge is 2.27. The maximum absolute atomic E-state index is 12.8. The maximum Gasteiger partial charge on any atom is 0.317 e. The molecule has 1 fully saturated rings. The normalized spacial score (nSPS) is 16.2. The molecule has 2 aromatic rings. The van der Waals surface area contributed by atoms with Crippen LogP contribution in [0.15, 0.2) is 48.5 Å². The maximum atomic E-state index is 12.8. The molecule has 2 amide bonds. The summed E-state index contributed by atoms with van der Waals surface area (Å²) in [7, 11) is 1.65. The van der Waals surface area contributed by atoms with Crippen molar-refractivity contribution in [2.75, 3.05) is 33.4 Å². The summed E-state index contributed by atoms with van der Waals surface area (Å²) in [6, 6.07) is 13.9. The standard InChI is InChI=1S/C21H25FN2O3/c1-26-19-7-3-16(4-8-19)17-11-13-24(15-17)21(25)23-12-2-14-27-20-9-5-18(22)6-10-20/h3-10,17H,2,11-15H2,1H3,(H,23,25). The topological polar surface area (TPSA) is 50.8 Å². The molecule has 144 valence electrons. The number of halogens is 1. The van der Waals surface area contributed by atoms with Crippen LogP contribution in [0.1, 0.15) is 24.3 Å². The Morgan fingerprint density at radius 3 is 2.56 bits per heavy atom. The molecule has 0 bridgehead atoms. The van der Waals surface area contributed by atoms with Gasteiger partial charge in [0.25, 0.3) is 0 Å². The lowest BCUT2D eigenvalue weighted by molar-refractivity contribution is 0.207. The Morgan fingerprint density at radius 1 is 1.15 bits per heavy atom. The minimum absolute atomic E-state index is 0.0345. The number of carbonyl (C=O) groups excluding carboxylic acids is 1. The molecule has 0 radical (unpaired) electrons. The van der Waals surface area contributed by atoms with E-state index < -0.39 is 0 Å². The van der Waals surface area contributed by atoms with Crippen LogP contribution in [0.25, 0.3) is 0 Å². The number of hydrogen-bond acceptors (Lipinski definition) is 3. The number of urea groups is 1. The monoisotopic (exact) mass is 372 g/mol. The second-order valence-electron chi connectivity index (χ2n) is 6.59. The van der Waals surface area contributed by atoms with E-state index in [4.69, 9.17) is 9.47 Å². The van der Waals surface area contributed by atoms with E-state index in [1.54, 1.807) is 19.2 Å². The molecule has 2 aromatic carbocycles. The minimum atomic E-state index is -0.284. The van der Waals surface area contributed by atoms with Crippen LogP contribution < -0.4 is 14.8 Å². The number of amides is 2. The molecule has 6 heteroatoms. The van der Waals surface area contributed by atoms with Crippen LogP contribution in [-0.2, 0) is 0 Å². The number of ether oxygens (including phenoxy) is 2. The number of benzene rings is 2. The molecule has 1 aliphatic rings. The highest BCUT2D eigenvalue weighted by molar-refractivity contribution is 5.74. The molecule has 0 aromatic heterocycles. The number of hydrogen-bond donors (Lipinski definition) is 1. The lowest BCUT2D eigenvalue weighted by Crippen LogP contribution is -2.39. The first-order chi connectivity index (χ1) is 13.2. The van der Waals surface area contributed by atoms with E-state index in [1.165, 1.54) is 17.7 Å². The molecule has 27 heavy (non-hydrogen) atoms. The summed E-state index contributed by atoms with van der Waals surface area (Å²) in [6.45, 7) is 2.50. The number of likely N-dealkylation sites (tertiary alicyclic amines) is 1. The molecule has 3 rings (SSSR count). The Hall–Kier alpha value is -2.76. The third-order valence-electron chi connectivity index (χ3n) is 4.74. The summed E-state index contributed by atoms with van der Waals surface area (Å²) < 4.78 is 23.5. The number of methoxy groups -OCH3 is 1. The van der Waals surface area contributed by atoms with Crippen molar-refractivity contribution in [3.05, 3.63) is 59.9 Å². The van der Waals surface area contributed by atoms with Crippen molar-refractivity contribution in [1.29, 1.82) is 0 Å². The van der Waals surface area contributed by atoms with Gasteiger partial charge in [0, 0.05) is 25.6 Å². The molecule has 0 aliphatic carbocycles. The fourth-order valence-electron chi connectivity index (χ4n) is 3.19. The first-order valence-electron chi connectivity index (χ1n) is 9.21. The number of carbonyl (C=O) groups is 1. The van der Waals surface area contributed by atoms with Gasteiger partial charge in [-0.15, -0.1) is 0 Å². The second kappa shape index (κ2) is 9.26. The van der Waals surface area contributed by atoms with Gasteiger partial charge in [-0.05, 0) is 54.8 Å². The molecule has 0 spiro atoms. The first kappa shape index (κ1) is 19.0. The average molecular weight is 372 g/mol. The van der Waals surface area contributed by atoms with Gasteiger partial charge in [-0.25, -0.2) is 9.18 Å². The van der Waals surface area contributed by atoms with E-state index in [-0.39, 0.29) is 11.8 Å². The van der Waals surface area contributed by atoms with Crippen LogP contribution in [0.4, 0.5) is 9.18 Å². The smallest absolute Gasteiger partial charge is 0.317 e. The van der Waals surface area contributed by atoms with E-state index >= 15 is 0 Å². The van der Waals surface area contributed by atoms with Crippen molar-refractivity contribution in [2.45, 2.75) is 18.8 Å². The fourth-order valence-corrected chi connectivity index (χ4v) is 3.19. The van der Waals surface area contributed by atoms with Crippen molar-refractivity contribution < 1.29 is 18.7 Å². The molecular weight excluding hydrogens is 347 g/mol. The van der Waals surface area contributed by atoms with Crippen LogP contribution in [0.5, 0.6) is 11.5 Å². The van der Waals surface area contributed by atoms with Gasteiger partial charge in [0.2, 0.25) is 0 Å². The quantitative estimate of drug-likeness (QED) is 0.752. The van der Waals surface area contributed by atoms with Crippen molar-refractivity contribution in [2.24, 2.45) is 0 Å². The summed E-state index contributed by atoms with van der Waals surface area (Å²) >= 11 is 0. The molecular formula is C21H25FN2O3. The summed E-state index contributed by atoms with van der Waals surface area (Å²) in [4.78, 5) is 14.2. The highest BCUT2D eigenvalue weighted by Crippen LogP contribution is 2.28. The molecule has 0 saturated carbocycles. The van der Waals surface area contributed by atoms with Crippen molar-refractivity contribution >= 4 is 6.03 Å². The van der Waals surface area contributed by atoms with Crippen molar-refractivity contribution in [3.8, 4) is 11.5 Å². The summed E-state index contributed by atoms with van der Waals surface area (Å²) in [5.41, 5.74) is 1.23. The van der Waals surface area contributed by atoms with Crippen LogP contribution in [0.2, 0.25) is 0 Å². The average Bonchev–Trinajstić information content (AvgIpc) is 3.19. The van der Waals surface area contributed by atoms with E-state index in [0.29, 0.717) is 31.2 Å². The van der Waals surface area contributed by atoms with Gasteiger partial charge < -0.3 is 19.7 Å². The zero-order chi connectivity index (χ0) is 19.1. The molecule has 1 unspecified atom stereocenters. The van der Waals surface area contributed by atoms with Crippen LogP contribution in [0, 0.1) is 5.82 Å². The summed E-state index contributed by atoms with van der Waals surface area (Å²) in [5.74, 6) is 1.55. The Labute approximate surface area is 159 Å². The molecule has 1 aliphatic heterocycles. The van der Waals surface area contributed by atoms with Crippen molar-refractivity contribution in [1.82, 2.24) is 10.2 Å². The number of rotatable bonds is 7. The van der Waals surface area contributed by atoms with Crippen LogP contribution >= 0.6 is 0 Å². The third kappa shape index (κ3) is 5.36. The Morgan fingerprint density at radius 2 is 1.85 bits per heavy atom. The Kier molecular flexibility index (Phi) is 6.52. The second-order valence-corrected chi connectivity index (χ2v) is 6.59. The third-order valence-corrected chi connectivity index (χ3v) is 4.74. The predicted octanol–water partition coefficient (Wildman–Crippen LogP) is 3.80. The van der Waals surface area contributed by atoms with E-state index in [9.17, 15) is 9.18 Å². The minimum Gasteiger partial charge on any atom is -0.497 e. The van der Waals surface area contributed by atoms with E-state index in [1.807, 2.05) is 17.0 Å². The van der Waals surface area contributed by atoms with Crippen LogP contribution in [0.3, 0.4) is 0 Å². The fraction of sp³-hybridized carbons (Fsp3) is 0.381. The van der Waals surface area contributed by atoms with E-state index in [2.05, 4.69) is 17.4 Å². The molecule has 1 N–H and O–H groups in total. The van der Waals surface area contributed by atoms with Gasteiger partial charge in [-0.2, -0.15) is 0 Å². The number of nitrogens with zero attached hydrogens (tertiary/aromatic N) is 1. The lowest BCUT2D eigenvalue weighted by atomic mass is 9.98. The first-order valence-corrected chi connectivity index (χ1v) is 9.21. The zero-order valence-electron chi connectivity index (χ0n) is 15.5. The molecule has 5 nitrogen and oxygen atoms in total. The van der Waals surface area contributed by atoms with Gasteiger partial charge >= 0.3 is 6.03 Å². The largest absolute Gasteiger partial charge is 0.497 e. The molecule has 1 heterocycles. The SMILES string of the molecule is COc1ccc(C2CCN(C(=O)NCCCOc3ccc(F)cc3)C2)cc1.